The molecule has 29 heavy (non-hydrogen) atoms. The van der Waals surface area contributed by atoms with Crippen LogP contribution in [0.2, 0.25) is 0 Å². The van der Waals surface area contributed by atoms with E-state index in [1.807, 2.05) is 24.9 Å². The minimum atomic E-state index is -0.556. The summed E-state index contributed by atoms with van der Waals surface area (Å²) < 4.78 is 5.36. The number of nitrogens with zero attached hydrogens (tertiary/aromatic N) is 5. The van der Waals surface area contributed by atoms with Crippen molar-refractivity contribution in [3.8, 4) is 0 Å². The number of carbonyl (C=O) groups is 2. The molecule has 2 atom stereocenters. The first-order chi connectivity index (χ1) is 13.8. The Kier molecular flexibility index (Phi) is 4.82. The summed E-state index contributed by atoms with van der Waals surface area (Å²) in [4.78, 5) is 37.6. The molecule has 1 aromatic rings. The predicted octanol–water partition coefficient (Wildman–Crippen LogP) is 2.28. The van der Waals surface area contributed by atoms with E-state index in [0.717, 1.165) is 22.5 Å². The third-order valence-electron chi connectivity index (χ3n) is 5.66. The van der Waals surface area contributed by atoms with Gasteiger partial charge in [-0.1, -0.05) is 12.1 Å². The number of ether oxygens (including phenoxy) is 1. The summed E-state index contributed by atoms with van der Waals surface area (Å²) in [7, 11) is 1.70. The molecule has 0 spiro atoms. The molecule has 0 bridgehead atoms. The smallest absolute Gasteiger partial charge is 0.328 e. The fraction of sp³-hybridized carbons (Fsp3) is 0.476. The molecule has 3 aliphatic heterocycles. The Labute approximate surface area is 171 Å². The van der Waals surface area contributed by atoms with E-state index in [0.29, 0.717) is 19.2 Å². The van der Waals surface area contributed by atoms with Crippen LogP contribution in [-0.4, -0.2) is 71.6 Å². The van der Waals surface area contributed by atoms with Crippen molar-refractivity contribution in [2.45, 2.75) is 39.9 Å². The molecule has 154 valence electrons. The lowest BCUT2D eigenvalue weighted by Crippen LogP contribution is -2.64. The number of benzene rings is 1. The van der Waals surface area contributed by atoms with Gasteiger partial charge in [-0.15, -0.1) is 0 Å². The zero-order chi connectivity index (χ0) is 20.9. The second-order valence-electron chi connectivity index (χ2n) is 7.67. The molecule has 0 N–H and O–H groups in total. The number of carbonyl (C=O) groups excluding carboxylic acids is 2. The van der Waals surface area contributed by atoms with Crippen molar-refractivity contribution in [3.05, 3.63) is 41.2 Å². The lowest BCUT2D eigenvalue weighted by Gasteiger charge is -2.40. The summed E-state index contributed by atoms with van der Waals surface area (Å²) in [6, 6.07) is 5.39. The number of rotatable bonds is 5. The minimum absolute atomic E-state index is 0.233. The van der Waals surface area contributed by atoms with Crippen molar-refractivity contribution in [1.29, 1.82) is 0 Å². The van der Waals surface area contributed by atoms with Crippen LogP contribution in [0.15, 0.2) is 35.1 Å². The molecular formula is C21H27N5O3. The predicted molar refractivity (Wildman–Crippen MR) is 110 cm³/mol. The number of urea groups is 1. The van der Waals surface area contributed by atoms with Gasteiger partial charge in [0.25, 0.3) is 5.91 Å². The van der Waals surface area contributed by atoms with Crippen LogP contribution >= 0.6 is 0 Å². The maximum atomic E-state index is 13.2. The molecule has 4 rings (SSSR count). The average Bonchev–Trinajstić information content (AvgIpc) is 3.19. The van der Waals surface area contributed by atoms with Gasteiger partial charge < -0.3 is 14.5 Å². The summed E-state index contributed by atoms with van der Waals surface area (Å²) in [5, 5.41) is 0. The Morgan fingerprint density at radius 1 is 1.17 bits per heavy atom. The van der Waals surface area contributed by atoms with Crippen LogP contribution in [0.4, 0.5) is 10.5 Å². The lowest BCUT2D eigenvalue weighted by atomic mass is 10.1. The number of allylic oxidation sites excluding steroid dienone is 1. The topological polar surface area (TPSA) is 68.7 Å². The van der Waals surface area contributed by atoms with E-state index in [2.05, 4.69) is 36.9 Å². The fourth-order valence-electron chi connectivity index (χ4n) is 4.12. The lowest BCUT2D eigenvalue weighted by molar-refractivity contribution is -0.137. The number of hydrogen-bond acceptors (Lipinski definition) is 6. The van der Waals surface area contributed by atoms with Crippen LogP contribution in [-0.2, 0) is 9.53 Å². The maximum Gasteiger partial charge on any atom is 0.328 e. The number of amides is 3. The SMILES string of the molecule is CCOCCN1C(=O)C2C(N=C3N(c4cc(C)ccc4C)C(C)=CN32)N(C)C1=O. The van der Waals surface area contributed by atoms with E-state index < -0.39 is 12.2 Å². The average molecular weight is 397 g/mol. The van der Waals surface area contributed by atoms with Crippen molar-refractivity contribution in [2.75, 3.05) is 31.7 Å². The monoisotopic (exact) mass is 397 g/mol. The molecule has 0 aromatic heterocycles. The van der Waals surface area contributed by atoms with E-state index in [9.17, 15) is 9.59 Å². The van der Waals surface area contributed by atoms with Gasteiger partial charge in [-0.2, -0.15) is 0 Å². The summed E-state index contributed by atoms with van der Waals surface area (Å²) in [5.41, 5.74) is 4.30. The Balaban J connectivity index is 1.68. The molecule has 0 radical (unpaired) electrons. The highest BCUT2D eigenvalue weighted by molar-refractivity contribution is 6.10. The Bertz CT molecular complexity index is 925. The molecule has 2 unspecified atom stereocenters. The highest BCUT2D eigenvalue weighted by atomic mass is 16.5. The molecular weight excluding hydrogens is 370 g/mol. The van der Waals surface area contributed by atoms with Gasteiger partial charge in [0.2, 0.25) is 5.96 Å². The van der Waals surface area contributed by atoms with Crippen molar-refractivity contribution < 1.29 is 14.3 Å². The van der Waals surface area contributed by atoms with Gasteiger partial charge in [0.15, 0.2) is 12.2 Å². The standard InChI is InChI=1S/C21H27N5O3/c1-6-29-10-9-24-19(27)17-18(23(5)21(24)28)22-20-25(17)12-15(4)26(20)16-11-13(2)7-8-14(16)3/h7-8,11-12,17-18H,6,9-10H2,1-5H3. The number of fused-ring (bicyclic) bond motifs is 3. The Morgan fingerprint density at radius 3 is 2.66 bits per heavy atom. The zero-order valence-electron chi connectivity index (χ0n) is 17.5. The number of likely N-dealkylation sites (N-methyl/N-ethyl adjacent to an activating group) is 1. The normalized spacial score (nSPS) is 23.5. The van der Waals surface area contributed by atoms with Gasteiger partial charge in [0.05, 0.1) is 18.8 Å². The van der Waals surface area contributed by atoms with Gasteiger partial charge in [-0.25, -0.2) is 9.79 Å². The first-order valence-electron chi connectivity index (χ1n) is 9.93. The number of hydrogen-bond donors (Lipinski definition) is 0. The molecule has 1 fully saturated rings. The van der Waals surface area contributed by atoms with Crippen LogP contribution in [0.1, 0.15) is 25.0 Å². The second-order valence-corrected chi connectivity index (χ2v) is 7.67. The van der Waals surface area contributed by atoms with Crippen LogP contribution in [0.5, 0.6) is 0 Å². The maximum absolute atomic E-state index is 13.2. The molecule has 0 aliphatic carbocycles. The largest absolute Gasteiger partial charge is 0.380 e. The van der Waals surface area contributed by atoms with Gasteiger partial charge in [-0.05, 0) is 44.9 Å². The highest BCUT2D eigenvalue weighted by Crippen LogP contribution is 2.37. The molecule has 1 aromatic carbocycles. The first kappa shape index (κ1) is 19.4. The number of imide groups is 1. The third kappa shape index (κ3) is 2.98. The summed E-state index contributed by atoms with van der Waals surface area (Å²) >= 11 is 0. The molecule has 0 saturated carbocycles. The van der Waals surface area contributed by atoms with Gasteiger partial charge in [0.1, 0.15) is 0 Å². The number of guanidine groups is 1. The summed E-state index contributed by atoms with van der Waals surface area (Å²) in [5.74, 6) is 0.453. The van der Waals surface area contributed by atoms with E-state index in [4.69, 9.17) is 9.73 Å². The second kappa shape index (κ2) is 7.18. The van der Waals surface area contributed by atoms with Crippen LogP contribution in [0.25, 0.3) is 0 Å². The molecule has 3 heterocycles. The van der Waals surface area contributed by atoms with Gasteiger partial charge in [0, 0.05) is 25.6 Å². The van der Waals surface area contributed by atoms with Crippen LogP contribution in [0.3, 0.4) is 0 Å². The summed E-state index contributed by atoms with van der Waals surface area (Å²) in [6.07, 6.45) is 1.42. The van der Waals surface area contributed by atoms with Crippen molar-refractivity contribution in [1.82, 2.24) is 14.7 Å². The molecule has 8 nitrogen and oxygen atoms in total. The van der Waals surface area contributed by atoms with E-state index in [-0.39, 0.29) is 18.5 Å². The third-order valence-corrected chi connectivity index (χ3v) is 5.66. The number of anilines is 1. The van der Waals surface area contributed by atoms with E-state index >= 15 is 0 Å². The zero-order valence-corrected chi connectivity index (χ0v) is 17.5. The van der Waals surface area contributed by atoms with Gasteiger partial charge in [-0.3, -0.25) is 14.6 Å². The fourth-order valence-corrected chi connectivity index (χ4v) is 4.12. The van der Waals surface area contributed by atoms with Crippen molar-refractivity contribution in [2.24, 2.45) is 4.99 Å². The number of aryl methyl sites for hydroxylation is 2. The van der Waals surface area contributed by atoms with E-state index in [1.165, 1.54) is 4.90 Å². The molecule has 3 amide bonds. The molecule has 3 aliphatic rings. The van der Waals surface area contributed by atoms with Crippen LogP contribution in [0, 0.1) is 13.8 Å². The molecule has 8 heteroatoms. The van der Waals surface area contributed by atoms with E-state index in [1.54, 1.807) is 11.9 Å². The minimum Gasteiger partial charge on any atom is -0.380 e. The molecule has 1 saturated heterocycles. The van der Waals surface area contributed by atoms with Gasteiger partial charge >= 0.3 is 6.03 Å². The highest BCUT2D eigenvalue weighted by Gasteiger charge is 2.54. The number of aliphatic imine (C=N–C) groups is 1. The Hall–Kier alpha value is -2.87. The quantitative estimate of drug-likeness (QED) is 0.713. The summed E-state index contributed by atoms with van der Waals surface area (Å²) in [6.45, 7) is 9.12. The van der Waals surface area contributed by atoms with Crippen molar-refractivity contribution >= 4 is 23.6 Å². The van der Waals surface area contributed by atoms with Crippen molar-refractivity contribution in [3.63, 3.8) is 0 Å². The first-order valence-corrected chi connectivity index (χ1v) is 9.93. The van der Waals surface area contributed by atoms with Crippen LogP contribution < -0.4 is 4.90 Å². The Morgan fingerprint density at radius 2 is 1.93 bits per heavy atom.